The lowest BCUT2D eigenvalue weighted by atomic mass is 10.2. The summed E-state index contributed by atoms with van der Waals surface area (Å²) in [4.78, 5) is 17.1. The Hall–Kier alpha value is -1.70. The third-order valence-corrected chi connectivity index (χ3v) is 4.81. The number of nitrogens with zero attached hydrogens (tertiary/aromatic N) is 2. The van der Waals surface area contributed by atoms with Crippen molar-refractivity contribution in [1.29, 1.82) is 0 Å². The first-order valence-corrected chi connectivity index (χ1v) is 9.35. The van der Waals surface area contributed by atoms with E-state index in [1.807, 2.05) is 25.3 Å². The summed E-state index contributed by atoms with van der Waals surface area (Å²) >= 11 is 1.62. The number of carbonyl (C=O) groups is 1. The maximum absolute atomic E-state index is 12.6. The van der Waals surface area contributed by atoms with Crippen molar-refractivity contribution < 1.29 is 14.3 Å². The molecule has 6 nitrogen and oxygen atoms in total. The Morgan fingerprint density at radius 3 is 2.60 bits per heavy atom. The van der Waals surface area contributed by atoms with Crippen LogP contribution < -0.4 is 5.32 Å². The van der Waals surface area contributed by atoms with Gasteiger partial charge in [0.15, 0.2) is 0 Å². The molecule has 138 valence electrons. The smallest absolute Gasteiger partial charge is 0.253 e. The van der Waals surface area contributed by atoms with Crippen LogP contribution in [-0.2, 0) is 16.0 Å². The second-order valence-corrected chi connectivity index (χ2v) is 6.94. The lowest BCUT2D eigenvalue weighted by Crippen LogP contribution is -2.25. The molecule has 2 rings (SSSR count). The summed E-state index contributed by atoms with van der Waals surface area (Å²) in [6, 6.07) is 1.95. The Morgan fingerprint density at radius 1 is 1.24 bits per heavy atom. The van der Waals surface area contributed by atoms with Gasteiger partial charge in [0, 0.05) is 51.6 Å². The first-order valence-electron chi connectivity index (χ1n) is 8.47. The van der Waals surface area contributed by atoms with Crippen molar-refractivity contribution in [3.63, 3.8) is 0 Å². The number of hydrogen-bond acceptors (Lipinski definition) is 5. The van der Waals surface area contributed by atoms with E-state index in [2.05, 4.69) is 14.9 Å². The SMILES string of the molecule is COCCCNC(=O)c1cc(-c2csc(C)n2)n(CCCOC)c1C. The Bertz CT molecular complexity index is 694. The third-order valence-electron chi connectivity index (χ3n) is 4.03. The highest BCUT2D eigenvalue weighted by Crippen LogP contribution is 2.27. The summed E-state index contributed by atoms with van der Waals surface area (Å²) < 4.78 is 12.3. The average molecular weight is 365 g/mol. The van der Waals surface area contributed by atoms with E-state index in [9.17, 15) is 4.79 Å². The summed E-state index contributed by atoms with van der Waals surface area (Å²) in [6.45, 7) is 6.70. The van der Waals surface area contributed by atoms with E-state index in [1.165, 1.54) is 0 Å². The molecule has 0 unspecified atom stereocenters. The predicted molar refractivity (Wildman–Crippen MR) is 100 cm³/mol. The Labute approximate surface area is 153 Å². The fraction of sp³-hybridized carbons (Fsp3) is 0.556. The molecule has 2 heterocycles. The molecule has 7 heteroatoms. The lowest BCUT2D eigenvalue weighted by Gasteiger charge is -2.11. The first-order chi connectivity index (χ1) is 12.1. The second kappa shape index (κ2) is 9.70. The van der Waals surface area contributed by atoms with E-state index in [0.717, 1.165) is 41.5 Å². The van der Waals surface area contributed by atoms with E-state index >= 15 is 0 Å². The number of carbonyl (C=O) groups excluding carboxylic acids is 1. The van der Waals surface area contributed by atoms with Crippen molar-refractivity contribution >= 4 is 17.2 Å². The molecule has 0 atom stereocenters. The van der Waals surface area contributed by atoms with Crippen molar-refractivity contribution in [2.45, 2.75) is 33.2 Å². The number of amides is 1. The van der Waals surface area contributed by atoms with Crippen LogP contribution >= 0.6 is 11.3 Å². The normalized spacial score (nSPS) is 11.0. The van der Waals surface area contributed by atoms with Crippen LogP contribution in [-0.4, -0.2) is 49.4 Å². The number of hydrogen-bond donors (Lipinski definition) is 1. The molecule has 1 amide bonds. The van der Waals surface area contributed by atoms with Gasteiger partial charge in [-0.15, -0.1) is 11.3 Å². The molecule has 25 heavy (non-hydrogen) atoms. The van der Waals surface area contributed by atoms with Gasteiger partial charge in [-0.1, -0.05) is 0 Å². The topological polar surface area (TPSA) is 65.4 Å². The number of methoxy groups -OCH3 is 2. The Balaban J connectivity index is 2.23. The van der Waals surface area contributed by atoms with Gasteiger partial charge in [0.25, 0.3) is 5.91 Å². The highest BCUT2D eigenvalue weighted by molar-refractivity contribution is 7.09. The molecule has 0 saturated carbocycles. The minimum absolute atomic E-state index is 0.0488. The average Bonchev–Trinajstić information content (AvgIpc) is 3.16. The van der Waals surface area contributed by atoms with Crippen LogP contribution in [0.25, 0.3) is 11.4 Å². The number of nitrogens with one attached hydrogen (secondary N) is 1. The van der Waals surface area contributed by atoms with E-state index in [0.29, 0.717) is 25.3 Å². The van der Waals surface area contributed by atoms with Gasteiger partial charge in [0.1, 0.15) is 0 Å². The standard InChI is InChI=1S/C18H27N3O3S/c1-13-15(18(22)19-7-5-9-23-3)11-17(16-12-25-14(2)20-16)21(13)8-6-10-24-4/h11-12H,5-10H2,1-4H3,(H,19,22). The monoisotopic (exact) mass is 365 g/mol. The summed E-state index contributed by atoms with van der Waals surface area (Å²) in [6.07, 6.45) is 1.69. The van der Waals surface area contributed by atoms with Crippen LogP contribution in [0.4, 0.5) is 0 Å². The van der Waals surface area contributed by atoms with E-state index < -0.39 is 0 Å². The van der Waals surface area contributed by atoms with Gasteiger partial charge in [-0.25, -0.2) is 4.98 Å². The van der Waals surface area contributed by atoms with Crippen molar-refractivity contribution in [2.75, 3.05) is 34.0 Å². The second-order valence-electron chi connectivity index (χ2n) is 5.88. The highest BCUT2D eigenvalue weighted by atomic mass is 32.1. The van der Waals surface area contributed by atoms with Gasteiger partial charge in [0.2, 0.25) is 0 Å². The fourth-order valence-corrected chi connectivity index (χ4v) is 3.34. The molecule has 0 bridgehead atoms. The zero-order valence-corrected chi connectivity index (χ0v) is 16.2. The van der Waals surface area contributed by atoms with E-state index in [1.54, 1.807) is 25.6 Å². The maximum Gasteiger partial charge on any atom is 0.253 e. The van der Waals surface area contributed by atoms with Crippen LogP contribution in [0, 0.1) is 13.8 Å². The largest absolute Gasteiger partial charge is 0.385 e. The van der Waals surface area contributed by atoms with E-state index in [4.69, 9.17) is 9.47 Å². The Kier molecular flexibility index (Phi) is 7.61. The number of aromatic nitrogens is 2. The van der Waals surface area contributed by atoms with Gasteiger partial charge in [-0.2, -0.15) is 0 Å². The molecular weight excluding hydrogens is 338 g/mol. The molecule has 2 aromatic rings. The molecule has 0 aliphatic carbocycles. The van der Waals surface area contributed by atoms with Crippen LogP contribution in [0.3, 0.4) is 0 Å². The summed E-state index contributed by atoms with van der Waals surface area (Å²) in [7, 11) is 3.36. The van der Waals surface area contributed by atoms with Gasteiger partial charge >= 0.3 is 0 Å². The Morgan fingerprint density at radius 2 is 1.96 bits per heavy atom. The van der Waals surface area contributed by atoms with Crippen LogP contribution in [0.1, 0.15) is 33.9 Å². The lowest BCUT2D eigenvalue weighted by molar-refractivity contribution is 0.0948. The molecule has 1 N–H and O–H groups in total. The van der Waals surface area contributed by atoms with Crippen molar-refractivity contribution in [3.8, 4) is 11.4 Å². The molecule has 0 radical (unpaired) electrons. The molecule has 0 aliphatic rings. The van der Waals surface area contributed by atoms with E-state index in [-0.39, 0.29) is 5.91 Å². The van der Waals surface area contributed by atoms with Crippen LogP contribution in [0.2, 0.25) is 0 Å². The van der Waals surface area contributed by atoms with Gasteiger partial charge in [-0.3, -0.25) is 4.79 Å². The third kappa shape index (κ3) is 5.14. The molecule has 0 aromatic carbocycles. The minimum Gasteiger partial charge on any atom is -0.385 e. The predicted octanol–water partition coefficient (Wildman–Crippen LogP) is 3.03. The van der Waals surface area contributed by atoms with Crippen molar-refractivity contribution in [2.24, 2.45) is 0 Å². The quantitative estimate of drug-likeness (QED) is 0.657. The minimum atomic E-state index is -0.0488. The first kappa shape index (κ1) is 19.6. The maximum atomic E-state index is 12.6. The molecule has 0 spiro atoms. The van der Waals surface area contributed by atoms with Crippen molar-refractivity contribution in [1.82, 2.24) is 14.9 Å². The molecule has 0 saturated heterocycles. The molecule has 0 aliphatic heterocycles. The summed E-state index contributed by atoms with van der Waals surface area (Å²) in [5.41, 5.74) is 3.57. The zero-order chi connectivity index (χ0) is 18.2. The van der Waals surface area contributed by atoms with Crippen LogP contribution in [0.15, 0.2) is 11.4 Å². The molecule has 2 aromatic heterocycles. The molecular formula is C18H27N3O3S. The number of aryl methyl sites for hydroxylation is 1. The van der Waals surface area contributed by atoms with Gasteiger partial charge in [0.05, 0.1) is 22.0 Å². The zero-order valence-electron chi connectivity index (χ0n) is 15.4. The fourth-order valence-electron chi connectivity index (χ4n) is 2.74. The summed E-state index contributed by atoms with van der Waals surface area (Å²) in [5.74, 6) is -0.0488. The number of ether oxygens (including phenoxy) is 2. The molecule has 0 fully saturated rings. The van der Waals surface area contributed by atoms with Gasteiger partial charge < -0.3 is 19.4 Å². The summed E-state index contributed by atoms with van der Waals surface area (Å²) in [5, 5.41) is 6.02. The highest BCUT2D eigenvalue weighted by Gasteiger charge is 2.19. The number of rotatable bonds is 10. The number of thiazole rings is 1. The van der Waals surface area contributed by atoms with Crippen LogP contribution in [0.5, 0.6) is 0 Å². The van der Waals surface area contributed by atoms with Crippen molar-refractivity contribution in [3.05, 3.63) is 27.7 Å². The van der Waals surface area contributed by atoms with Gasteiger partial charge in [-0.05, 0) is 32.8 Å².